The highest BCUT2D eigenvalue weighted by Crippen LogP contribution is 0.692. The van der Waals surface area contributed by atoms with E-state index < -0.39 is 0 Å². The number of halogens is 3. The number of hydrogen-bond acceptors (Lipinski definition) is 0. The van der Waals surface area contributed by atoms with Crippen molar-refractivity contribution in [3.63, 3.8) is 0 Å². The van der Waals surface area contributed by atoms with E-state index in [1.54, 1.807) is 0 Å². The van der Waals surface area contributed by atoms with Gasteiger partial charge in [-0.25, -0.2) is 0 Å². The smallest absolute Gasteiger partial charge is 0.147 e. The van der Waals surface area contributed by atoms with Crippen molar-refractivity contribution in [1.29, 1.82) is 0 Å². The lowest BCUT2D eigenvalue weighted by atomic mass is 27.0. The molecular formula is H6AlCl3. The predicted molar refractivity (Wildman–Crippen MR) is 31.7 cm³/mol. The third-order valence-corrected chi connectivity index (χ3v) is 0. The van der Waals surface area contributed by atoms with Gasteiger partial charge in [0.2, 0.25) is 0 Å². The molecule has 30 valence electrons. The molecular weight excluding hydrogens is 133 g/mol. The fourth-order valence-corrected chi connectivity index (χ4v) is 0. The van der Waals surface area contributed by atoms with Crippen LogP contribution in [0.25, 0.3) is 0 Å². The van der Waals surface area contributed by atoms with Crippen LogP contribution in [0.5, 0.6) is 0 Å². The molecule has 0 aliphatic rings. The minimum Gasteiger partial charge on any atom is -0.147 e. The molecule has 0 amide bonds. The first-order valence-corrected chi connectivity index (χ1v) is 0. The van der Waals surface area contributed by atoms with E-state index in [4.69, 9.17) is 0 Å². The van der Waals surface area contributed by atoms with Gasteiger partial charge in [0.1, 0.15) is 0 Å². The molecule has 0 aromatic rings. The molecule has 0 rings (SSSR count). The molecule has 0 N–H and O–H groups in total. The van der Waals surface area contributed by atoms with Crippen LogP contribution in [0.2, 0.25) is 0 Å². The molecule has 0 radical (unpaired) electrons. The Balaban J connectivity index is 0. The molecule has 0 aromatic heterocycles. The second-order valence-corrected chi connectivity index (χ2v) is 0. The van der Waals surface area contributed by atoms with Gasteiger partial charge in [-0.2, -0.15) is 0 Å². The zero-order valence-corrected chi connectivity index (χ0v) is 3.67. The Labute approximate surface area is 54.7 Å². The minimum atomic E-state index is 0. The summed E-state index contributed by atoms with van der Waals surface area (Å²) in [7, 11) is 0. The molecule has 0 spiro atoms. The van der Waals surface area contributed by atoms with Crippen LogP contribution < -0.4 is 0 Å². The summed E-state index contributed by atoms with van der Waals surface area (Å²) in [5.41, 5.74) is 0. The summed E-state index contributed by atoms with van der Waals surface area (Å²) in [5.74, 6) is 0. The van der Waals surface area contributed by atoms with Gasteiger partial charge >= 0.3 is 0 Å². The van der Waals surface area contributed by atoms with Crippen molar-refractivity contribution in [2.75, 3.05) is 0 Å². The highest BCUT2D eigenvalue weighted by atomic mass is 35.5. The van der Waals surface area contributed by atoms with Crippen molar-refractivity contribution in [3.05, 3.63) is 0 Å². The summed E-state index contributed by atoms with van der Waals surface area (Å²) in [5, 5.41) is 0. The first kappa shape index (κ1) is 53.2. The number of rotatable bonds is 0. The summed E-state index contributed by atoms with van der Waals surface area (Å²) in [6, 6.07) is 0. The quantitative estimate of drug-likeness (QED) is 0.417. The Morgan fingerprint density at radius 3 is 0.500 bits per heavy atom. The van der Waals surface area contributed by atoms with Crippen LogP contribution in [0.4, 0.5) is 0 Å². The second-order valence-electron chi connectivity index (χ2n) is 0. The molecule has 0 bridgehead atoms. The normalized spacial score (nSPS) is 0. The second kappa shape index (κ2) is 25.9. The van der Waals surface area contributed by atoms with Crippen molar-refractivity contribution < 1.29 is 0 Å². The fraction of sp³-hybridized carbons (Fsp3) is 0. The van der Waals surface area contributed by atoms with E-state index in [9.17, 15) is 0 Å². The third-order valence-electron chi connectivity index (χ3n) is 0. The van der Waals surface area contributed by atoms with Gasteiger partial charge in [0.25, 0.3) is 0 Å². The van der Waals surface area contributed by atoms with Crippen LogP contribution in [0.15, 0.2) is 0 Å². The van der Waals surface area contributed by atoms with Crippen molar-refractivity contribution >= 4 is 54.6 Å². The lowest BCUT2D eigenvalue weighted by molar-refractivity contribution is 5.75. The monoisotopic (exact) mass is 138 g/mol. The Kier molecular flexibility index (Phi) is 345. The van der Waals surface area contributed by atoms with Crippen LogP contribution >= 0.6 is 37.2 Å². The maximum Gasteiger partial charge on any atom is 0.187 e. The summed E-state index contributed by atoms with van der Waals surface area (Å²) in [6.45, 7) is 0. The van der Waals surface area contributed by atoms with Crippen LogP contribution in [-0.2, 0) is 0 Å². The van der Waals surface area contributed by atoms with Gasteiger partial charge in [0, 0.05) is 0 Å². The predicted octanol–water partition coefficient (Wildman–Crippen LogP) is 0.0815. The Morgan fingerprint density at radius 1 is 0.500 bits per heavy atom. The van der Waals surface area contributed by atoms with E-state index >= 15 is 0 Å². The maximum atomic E-state index is 0. The molecule has 0 aliphatic heterocycles. The van der Waals surface area contributed by atoms with Gasteiger partial charge in [0.05, 0.1) is 0 Å². The SMILES string of the molecule is Cl.Cl.Cl.[AlH3]. The zero-order valence-electron chi connectivity index (χ0n) is 1.22. The molecule has 0 saturated carbocycles. The van der Waals surface area contributed by atoms with Gasteiger partial charge < -0.3 is 0 Å². The summed E-state index contributed by atoms with van der Waals surface area (Å²) in [6.07, 6.45) is 0. The topological polar surface area (TPSA) is 0 Å². The highest BCUT2D eigenvalue weighted by Gasteiger charge is 0.187. The van der Waals surface area contributed by atoms with Crippen molar-refractivity contribution in [1.82, 2.24) is 0 Å². The van der Waals surface area contributed by atoms with Crippen LogP contribution in [0, 0.1) is 0 Å². The maximum absolute atomic E-state index is 0. The Bertz CT molecular complexity index is 3.25. The number of hydrogen-bond donors (Lipinski definition) is 0. The molecule has 4 heavy (non-hydrogen) atoms. The van der Waals surface area contributed by atoms with Gasteiger partial charge in [-0.05, 0) is 0 Å². The lowest BCUT2D eigenvalue weighted by Gasteiger charge is -0.148. The molecule has 4 heteroatoms. The lowest BCUT2D eigenvalue weighted by Crippen LogP contribution is -0.381. The minimum absolute atomic E-state index is 0. The molecule has 0 aliphatic carbocycles. The van der Waals surface area contributed by atoms with Crippen LogP contribution in [0.3, 0.4) is 0 Å². The van der Waals surface area contributed by atoms with E-state index in [0.29, 0.717) is 0 Å². The van der Waals surface area contributed by atoms with Crippen molar-refractivity contribution in [2.45, 2.75) is 0 Å². The molecule has 0 nitrogen and oxygen atoms in total. The molecule has 0 fully saturated rings. The van der Waals surface area contributed by atoms with Gasteiger partial charge in [0.15, 0.2) is 17.4 Å². The fourth-order valence-electron chi connectivity index (χ4n) is 0. The van der Waals surface area contributed by atoms with Gasteiger partial charge in [-0.3, -0.25) is 0 Å². The van der Waals surface area contributed by atoms with Crippen molar-refractivity contribution in [2.24, 2.45) is 0 Å². The zero-order chi connectivity index (χ0) is 0. The van der Waals surface area contributed by atoms with E-state index in [1.165, 1.54) is 0 Å². The summed E-state index contributed by atoms with van der Waals surface area (Å²) in [4.78, 5) is 0. The largest absolute Gasteiger partial charge is 0.187 e. The van der Waals surface area contributed by atoms with Crippen molar-refractivity contribution in [3.8, 4) is 0 Å². The van der Waals surface area contributed by atoms with Gasteiger partial charge in [-0.15, -0.1) is 37.2 Å². The van der Waals surface area contributed by atoms with Gasteiger partial charge in [-0.1, -0.05) is 0 Å². The van der Waals surface area contributed by atoms with E-state index in [0.717, 1.165) is 0 Å². The molecule has 0 atom stereocenters. The Hall–Kier alpha value is 1.40. The summed E-state index contributed by atoms with van der Waals surface area (Å²) >= 11 is 0. The van der Waals surface area contributed by atoms with E-state index in [2.05, 4.69) is 0 Å². The Morgan fingerprint density at radius 2 is 0.500 bits per heavy atom. The average Bonchev–Trinajstić information content (AvgIpc) is 0. The first-order chi connectivity index (χ1) is 0. The molecule has 0 unspecified atom stereocenters. The highest BCUT2D eigenvalue weighted by molar-refractivity contribution is 5.86. The molecule has 0 heterocycles. The van der Waals surface area contributed by atoms with Crippen LogP contribution in [0.1, 0.15) is 0 Å². The summed E-state index contributed by atoms with van der Waals surface area (Å²) < 4.78 is 0. The average molecular weight is 139 g/mol. The standard InChI is InChI=1S/Al.3ClH.3H/h;3*1H;;;. The molecule has 0 saturated heterocycles. The van der Waals surface area contributed by atoms with E-state index in [-0.39, 0.29) is 54.6 Å². The first-order valence-electron chi connectivity index (χ1n) is 0. The van der Waals surface area contributed by atoms with Crippen LogP contribution in [-0.4, -0.2) is 17.4 Å². The third kappa shape index (κ3) is 9.98. The molecule has 0 aromatic carbocycles. The van der Waals surface area contributed by atoms with E-state index in [1.807, 2.05) is 0 Å².